The maximum absolute atomic E-state index is 10.0. The fourth-order valence-corrected chi connectivity index (χ4v) is 3.07. The summed E-state index contributed by atoms with van der Waals surface area (Å²) in [6.07, 6.45) is 2.42. The molecule has 1 fully saturated rings. The van der Waals surface area contributed by atoms with Crippen molar-refractivity contribution in [2.75, 3.05) is 13.2 Å². The quantitative estimate of drug-likeness (QED) is 0.889. The average molecular weight is 247 g/mol. The highest BCUT2D eigenvalue weighted by atomic mass is 35.5. The monoisotopic (exact) mass is 246 g/mol. The van der Waals surface area contributed by atoms with Gasteiger partial charge in [0.25, 0.3) is 0 Å². The summed E-state index contributed by atoms with van der Waals surface area (Å²) in [4.78, 5) is 1.17. The van der Waals surface area contributed by atoms with Crippen molar-refractivity contribution in [3.63, 3.8) is 0 Å². The molecule has 2 rings (SSSR count). The van der Waals surface area contributed by atoms with E-state index in [-0.39, 0.29) is 6.10 Å². The summed E-state index contributed by atoms with van der Waals surface area (Å²) in [5.74, 6) is 0.389. The number of rotatable bonds is 3. The summed E-state index contributed by atoms with van der Waals surface area (Å²) in [5.41, 5.74) is 0. The lowest BCUT2D eigenvalue weighted by atomic mass is 9.92. The number of thiophene rings is 1. The first-order valence-electron chi connectivity index (χ1n) is 5.26. The first kappa shape index (κ1) is 11.4. The van der Waals surface area contributed by atoms with E-state index in [9.17, 15) is 5.11 Å². The van der Waals surface area contributed by atoms with Crippen molar-refractivity contribution in [2.45, 2.75) is 25.4 Å². The lowest BCUT2D eigenvalue weighted by Gasteiger charge is -2.26. The van der Waals surface area contributed by atoms with E-state index in [1.165, 1.54) is 4.88 Å². The van der Waals surface area contributed by atoms with E-state index in [2.05, 4.69) is 0 Å². The Morgan fingerprint density at radius 2 is 2.20 bits per heavy atom. The van der Waals surface area contributed by atoms with E-state index in [4.69, 9.17) is 16.3 Å². The maximum atomic E-state index is 10.0. The number of ether oxygens (including phenoxy) is 1. The molecule has 0 aromatic carbocycles. The zero-order valence-corrected chi connectivity index (χ0v) is 10.1. The van der Waals surface area contributed by atoms with Crippen LogP contribution in [0.5, 0.6) is 0 Å². The maximum Gasteiger partial charge on any atom is 0.0931 e. The molecule has 1 aromatic heterocycles. The van der Waals surface area contributed by atoms with E-state index in [1.54, 1.807) is 11.3 Å². The van der Waals surface area contributed by atoms with Crippen molar-refractivity contribution in [3.05, 3.63) is 21.3 Å². The SMILES string of the molecule is OC(Cc1ccc(Cl)s1)C1CCOCC1. The van der Waals surface area contributed by atoms with Crippen LogP contribution >= 0.6 is 22.9 Å². The molecule has 1 unspecified atom stereocenters. The van der Waals surface area contributed by atoms with Crippen LogP contribution in [0.3, 0.4) is 0 Å². The zero-order valence-electron chi connectivity index (χ0n) is 8.49. The minimum Gasteiger partial charge on any atom is -0.392 e. The summed E-state index contributed by atoms with van der Waals surface area (Å²) in [6.45, 7) is 1.57. The Labute approximate surface area is 98.8 Å². The molecule has 0 aliphatic carbocycles. The van der Waals surface area contributed by atoms with Gasteiger partial charge in [-0.1, -0.05) is 11.6 Å². The van der Waals surface area contributed by atoms with Gasteiger partial charge in [-0.05, 0) is 30.9 Å². The molecule has 1 atom stereocenters. The number of aliphatic hydroxyl groups excluding tert-OH is 1. The summed E-state index contributed by atoms with van der Waals surface area (Å²) < 4.78 is 6.07. The third-order valence-electron chi connectivity index (χ3n) is 2.85. The molecule has 0 spiro atoms. The number of aliphatic hydroxyl groups is 1. The van der Waals surface area contributed by atoms with E-state index < -0.39 is 0 Å². The molecule has 0 radical (unpaired) electrons. The molecule has 4 heteroatoms. The predicted octanol–water partition coefficient (Wildman–Crippen LogP) is 2.73. The van der Waals surface area contributed by atoms with Gasteiger partial charge in [0.05, 0.1) is 10.4 Å². The van der Waals surface area contributed by atoms with Crippen molar-refractivity contribution in [2.24, 2.45) is 5.92 Å². The average Bonchev–Trinajstić information content (AvgIpc) is 2.65. The van der Waals surface area contributed by atoms with Gasteiger partial charge in [-0.2, -0.15) is 0 Å². The third kappa shape index (κ3) is 3.18. The van der Waals surface area contributed by atoms with E-state index in [1.807, 2.05) is 12.1 Å². The number of hydrogen-bond donors (Lipinski definition) is 1. The fourth-order valence-electron chi connectivity index (χ4n) is 1.93. The van der Waals surface area contributed by atoms with Gasteiger partial charge in [-0.25, -0.2) is 0 Å². The van der Waals surface area contributed by atoms with Crippen LogP contribution in [0.25, 0.3) is 0 Å². The van der Waals surface area contributed by atoms with Crippen molar-refractivity contribution >= 4 is 22.9 Å². The topological polar surface area (TPSA) is 29.5 Å². The minimum atomic E-state index is -0.247. The molecule has 1 N–H and O–H groups in total. The smallest absolute Gasteiger partial charge is 0.0931 e. The first-order chi connectivity index (χ1) is 7.25. The Bertz CT molecular complexity index is 307. The van der Waals surface area contributed by atoms with Crippen LogP contribution in [0, 0.1) is 5.92 Å². The van der Waals surface area contributed by atoms with Crippen molar-refractivity contribution in [3.8, 4) is 0 Å². The Hall–Kier alpha value is -0.0900. The van der Waals surface area contributed by atoms with Crippen LogP contribution in [0.1, 0.15) is 17.7 Å². The molecule has 1 aliphatic rings. The summed E-state index contributed by atoms with van der Waals surface area (Å²) in [6, 6.07) is 3.88. The molecular weight excluding hydrogens is 232 g/mol. The summed E-state index contributed by atoms with van der Waals surface area (Å²) in [7, 11) is 0. The molecule has 2 heterocycles. The van der Waals surface area contributed by atoms with Crippen LogP contribution in [-0.4, -0.2) is 24.4 Å². The second kappa shape index (κ2) is 5.30. The van der Waals surface area contributed by atoms with Gasteiger partial charge >= 0.3 is 0 Å². The van der Waals surface area contributed by atoms with E-state index in [0.29, 0.717) is 5.92 Å². The summed E-state index contributed by atoms with van der Waals surface area (Å²) in [5, 5.41) is 10.0. The van der Waals surface area contributed by atoms with Crippen LogP contribution < -0.4 is 0 Å². The molecule has 0 bridgehead atoms. The lowest BCUT2D eigenvalue weighted by molar-refractivity contribution is 0.00868. The molecule has 84 valence electrons. The molecular formula is C11H15ClO2S. The van der Waals surface area contributed by atoms with E-state index >= 15 is 0 Å². The number of hydrogen-bond acceptors (Lipinski definition) is 3. The van der Waals surface area contributed by atoms with Crippen LogP contribution in [0.15, 0.2) is 12.1 Å². The minimum absolute atomic E-state index is 0.247. The zero-order chi connectivity index (χ0) is 10.7. The standard InChI is InChI=1S/C11H15ClO2S/c12-11-2-1-9(15-11)7-10(13)8-3-5-14-6-4-8/h1-2,8,10,13H,3-7H2. The molecule has 1 aliphatic heterocycles. The molecule has 0 amide bonds. The Balaban J connectivity index is 1.88. The van der Waals surface area contributed by atoms with Crippen molar-refractivity contribution in [1.29, 1.82) is 0 Å². The Morgan fingerprint density at radius 3 is 2.80 bits per heavy atom. The van der Waals surface area contributed by atoms with Crippen molar-refractivity contribution < 1.29 is 9.84 Å². The van der Waals surface area contributed by atoms with Gasteiger partial charge in [0, 0.05) is 24.5 Å². The number of halogens is 1. The normalized spacial score (nSPS) is 20.4. The molecule has 0 saturated carbocycles. The van der Waals surface area contributed by atoms with Gasteiger partial charge in [0.15, 0.2) is 0 Å². The van der Waals surface area contributed by atoms with Crippen molar-refractivity contribution in [1.82, 2.24) is 0 Å². The lowest BCUT2D eigenvalue weighted by Crippen LogP contribution is -2.28. The fraction of sp³-hybridized carbons (Fsp3) is 0.636. The predicted molar refractivity (Wildman–Crippen MR) is 62.6 cm³/mol. The highest BCUT2D eigenvalue weighted by Crippen LogP contribution is 2.26. The highest BCUT2D eigenvalue weighted by molar-refractivity contribution is 7.16. The molecule has 1 saturated heterocycles. The molecule has 15 heavy (non-hydrogen) atoms. The van der Waals surface area contributed by atoms with Gasteiger partial charge in [-0.3, -0.25) is 0 Å². The van der Waals surface area contributed by atoms with Gasteiger partial charge in [-0.15, -0.1) is 11.3 Å². The van der Waals surface area contributed by atoms with Crippen LogP contribution in [0.4, 0.5) is 0 Å². The highest BCUT2D eigenvalue weighted by Gasteiger charge is 2.22. The second-order valence-corrected chi connectivity index (χ2v) is 5.73. The van der Waals surface area contributed by atoms with Gasteiger partial charge in [0.1, 0.15) is 0 Å². The van der Waals surface area contributed by atoms with Crippen LogP contribution in [0.2, 0.25) is 4.34 Å². The largest absolute Gasteiger partial charge is 0.392 e. The van der Waals surface area contributed by atoms with Crippen LogP contribution in [-0.2, 0) is 11.2 Å². The third-order valence-corrected chi connectivity index (χ3v) is 4.10. The second-order valence-electron chi connectivity index (χ2n) is 3.93. The first-order valence-corrected chi connectivity index (χ1v) is 6.45. The van der Waals surface area contributed by atoms with E-state index in [0.717, 1.165) is 36.8 Å². The molecule has 2 nitrogen and oxygen atoms in total. The Morgan fingerprint density at radius 1 is 1.47 bits per heavy atom. The summed E-state index contributed by atoms with van der Waals surface area (Å²) >= 11 is 7.40. The Kier molecular flexibility index (Phi) is 4.03. The van der Waals surface area contributed by atoms with Gasteiger partial charge < -0.3 is 9.84 Å². The molecule has 1 aromatic rings. The van der Waals surface area contributed by atoms with Gasteiger partial charge in [0.2, 0.25) is 0 Å².